The van der Waals surface area contributed by atoms with E-state index in [4.69, 9.17) is 0 Å². The molecule has 110 valence electrons. The second kappa shape index (κ2) is 6.37. The number of urea groups is 2. The summed E-state index contributed by atoms with van der Waals surface area (Å²) in [5.41, 5.74) is 8.05. The molecule has 9 nitrogen and oxygen atoms in total. The number of hydrogen-bond acceptors (Lipinski definition) is 5. The van der Waals surface area contributed by atoms with E-state index in [1.807, 2.05) is 0 Å². The van der Waals surface area contributed by atoms with Gasteiger partial charge in [0.15, 0.2) is 0 Å². The summed E-state index contributed by atoms with van der Waals surface area (Å²) in [7, 11) is 0. The van der Waals surface area contributed by atoms with Gasteiger partial charge in [0.25, 0.3) is 0 Å². The van der Waals surface area contributed by atoms with Crippen molar-refractivity contribution in [1.29, 1.82) is 0 Å². The number of nitrogens with zero attached hydrogens (tertiary/aromatic N) is 3. The Hall–Kier alpha value is -3.10. The Morgan fingerprint density at radius 1 is 1.57 bits per heavy atom. The summed E-state index contributed by atoms with van der Waals surface area (Å²) in [6.07, 6.45) is 1.36. The van der Waals surface area contributed by atoms with Gasteiger partial charge in [-0.2, -0.15) is 10.2 Å². The number of carbonyl (C=O) groups is 2. The lowest BCUT2D eigenvalue weighted by atomic mass is 10.2. The first-order valence-electron chi connectivity index (χ1n) is 6.04. The van der Waals surface area contributed by atoms with Gasteiger partial charge in [-0.3, -0.25) is 0 Å². The van der Waals surface area contributed by atoms with Crippen molar-refractivity contribution in [3.63, 3.8) is 0 Å². The number of hydrazine groups is 1. The third-order valence-corrected chi connectivity index (χ3v) is 2.46. The quantitative estimate of drug-likeness (QED) is 0.475. The minimum atomic E-state index is -0.670. The molecule has 1 aliphatic heterocycles. The SMILES string of the molecule is CC1=NNC(=O)N(NC(=O)N/N=C/c2cccc(O)c2)C1. The number of amides is 4. The molecule has 0 fully saturated rings. The fourth-order valence-electron chi connectivity index (χ4n) is 1.55. The number of carbonyl (C=O) groups excluding carboxylic acids is 2. The number of hydrogen-bond donors (Lipinski definition) is 4. The lowest BCUT2D eigenvalue weighted by molar-refractivity contribution is 0.173. The molecule has 4 amide bonds. The second-order valence-electron chi connectivity index (χ2n) is 4.26. The minimum Gasteiger partial charge on any atom is -0.508 e. The maximum Gasteiger partial charge on any atom is 0.356 e. The van der Waals surface area contributed by atoms with Crippen LogP contribution in [0.3, 0.4) is 0 Å². The molecular formula is C12H14N6O3. The molecule has 4 N–H and O–H groups in total. The Balaban J connectivity index is 1.85. The van der Waals surface area contributed by atoms with Gasteiger partial charge in [0.1, 0.15) is 5.75 Å². The summed E-state index contributed by atoms with van der Waals surface area (Å²) in [6.45, 7) is 1.90. The van der Waals surface area contributed by atoms with Crippen molar-refractivity contribution >= 4 is 24.0 Å². The number of phenols is 1. The predicted molar refractivity (Wildman–Crippen MR) is 75.7 cm³/mol. The van der Waals surface area contributed by atoms with Crippen molar-refractivity contribution in [3.05, 3.63) is 29.8 Å². The van der Waals surface area contributed by atoms with Crippen LogP contribution in [-0.2, 0) is 0 Å². The maximum absolute atomic E-state index is 11.6. The van der Waals surface area contributed by atoms with E-state index in [2.05, 4.69) is 26.5 Å². The molecule has 0 unspecified atom stereocenters. The Labute approximate surface area is 120 Å². The van der Waals surface area contributed by atoms with Gasteiger partial charge in [0.05, 0.1) is 18.5 Å². The fraction of sp³-hybridized carbons (Fsp3) is 0.167. The van der Waals surface area contributed by atoms with Crippen LogP contribution in [-0.4, -0.2) is 40.6 Å². The van der Waals surface area contributed by atoms with Crippen LogP contribution in [0.2, 0.25) is 0 Å². The van der Waals surface area contributed by atoms with Crippen molar-refractivity contribution in [3.8, 4) is 5.75 Å². The van der Waals surface area contributed by atoms with Gasteiger partial charge in [0.2, 0.25) is 0 Å². The molecule has 21 heavy (non-hydrogen) atoms. The van der Waals surface area contributed by atoms with Crippen LogP contribution in [0, 0.1) is 0 Å². The van der Waals surface area contributed by atoms with Gasteiger partial charge < -0.3 is 5.11 Å². The Morgan fingerprint density at radius 2 is 2.38 bits per heavy atom. The molecule has 2 rings (SSSR count). The van der Waals surface area contributed by atoms with Gasteiger partial charge >= 0.3 is 12.1 Å². The van der Waals surface area contributed by atoms with E-state index >= 15 is 0 Å². The summed E-state index contributed by atoms with van der Waals surface area (Å²) >= 11 is 0. The van der Waals surface area contributed by atoms with E-state index in [-0.39, 0.29) is 12.3 Å². The molecule has 0 spiro atoms. The maximum atomic E-state index is 11.6. The molecule has 0 aromatic heterocycles. The average Bonchev–Trinajstić information content (AvgIpc) is 2.43. The van der Waals surface area contributed by atoms with E-state index in [0.29, 0.717) is 11.3 Å². The fourth-order valence-corrected chi connectivity index (χ4v) is 1.55. The van der Waals surface area contributed by atoms with Crippen molar-refractivity contribution in [2.45, 2.75) is 6.92 Å². The van der Waals surface area contributed by atoms with Crippen molar-refractivity contribution < 1.29 is 14.7 Å². The molecular weight excluding hydrogens is 276 g/mol. The zero-order valence-electron chi connectivity index (χ0n) is 11.2. The number of rotatable bonds is 3. The molecule has 1 aliphatic rings. The number of hydrazone groups is 2. The van der Waals surface area contributed by atoms with Crippen molar-refractivity contribution in [1.82, 2.24) is 21.3 Å². The highest BCUT2D eigenvalue weighted by molar-refractivity contribution is 5.92. The molecule has 0 bridgehead atoms. The molecule has 0 atom stereocenters. The number of aromatic hydroxyl groups is 1. The largest absolute Gasteiger partial charge is 0.508 e. The van der Waals surface area contributed by atoms with Gasteiger partial charge in [-0.25, -0.2) is 30.9 Å². The highest BCUT2D eigenvalue weighted by Crippen LogP contribution is 2.08. The van der Waals surface area contributed by atoms with E-state index in [0.717, 1.165) is 5.01 Å². The van der Waals surface area contributed by atoms with Crippen LogP contribution in [0.25, 0.3) is 0 Å². The van der Waals surface area contributed by atoms with E-state index in [1.54, 1.807) is 19.1 Å². The minimum absolute atomic E-state index is 0.100. The highest BCUT2D eigenvalue weighted by atomic mass is 16.3. The predicted octanol–water partition coefficient (Wildman–Crippen LogP) is 0.341. The molecule has 0 radical (unpaired) electrons. The number of benzene rings is 1. The monoisotopic (exact) mass is 290 g/mol. The Morgan fingerprint density at radius 3 is 3.14 bits per heavy atom. The summed E-state index contributed by atoms with van der Waals surface area (Å²) < 4.78 is 0. The lowest BCUT2D eigenvalue weighted by Gasteiger charge is -2.25. The van der Waals surface area contributed by atoms with Crippen LogP contribution in [0.5, 0.6) is 5.75 Å². The van der Waals surface area contributed by atoms with E-state index in [1.165, 1.54) is 18.3 Å². The Bertz CT molecular complexity index is 613. The lowest BCUT2D eigenvalue weighted by Crippen LogP contribution is -2.55. The smallest absolute Gasteiger partial charge is 0.356 e. The van der Waals surface area contributed by atoms with Crippen molar-refractivity contribution in [2.75, 3.05) is 6.54 Å². The summed E-state index contributed by atoms with van der Waals surface area (Å²) in [5, 5.41) is 17.8. The third-order valence-electron chi connectivity index (χ3n) is 2.46. The van der Waals surface area contributed by atoms with E-state index in [9.17, 15) is 14.7 Å². The molecule has 1 heterocycles. The molecule has 0 saturated heterocycles. The van der Waals surface area contributed by atoms with Crippen LogP contribution in [0.4, 0.5) is 9.59 Å². The van der Waals surface area contributed by atoms with E-state index < -0.39 is 12.1 Å². The molecule has 1 aromatic rings. The van der Waals surface area contributed by atoms with Gasteiger partial charge in [-0.1, -0.05) is 12.1 Å². The van der Waals surface area contributed by atoms with Crippen LogP contribution >= 0.6 is 0 Å². The first-order chi connectivity index (χ1) is 10.0. The number of nitrogens with one attached hydrogen (secondary N) is 3. The highest BCUT2D eigenvalue weighted by Gasteiger charge is 2.20. The third kappa shape index (κ3) is 4.20. The van der Waals surface area contributed by atoms with Gasteiger partial charge in [-0.05, 0) is 24.6 Å². The molecule has 0 aliphatic carbocycles. The standard InChI is InChI=1S/C12H14N6O3/c1-8-7-18(12(21)16-14-8)17-11(20)15-13-6-9-3-2-4-10(19)5-9/h2-6,19H,7H2,1H3,(H,16,21)(H2,15,17,20)/b13-6+. The molecule has 0 saturated carbocycles. The van der Waals surface area contributed by atoms with Crippen LogP contribution in [0.15, 0.2) is 34.5 Å². The van der Waals surface area contributed by atoms with Crippen molar-refractivity contribution in [2.24, 2.45) is 10.2 Å². The average molecular weight is 290 g/mol. The summed E-state index contributed by atoms with van der Waals surface area (Å²) in [6, 6.07) is 5.17. The van der Waals surface area contributed by atoms with Crippen LogP contribution < -0.4 is 16.3 Å². The summed E-state index contributed by atoms with van der Waals surface area (Å²) in [5.74, 6) is 0.100. The molecule has 9 heteroatoms. The summed E-state index contributed by atoms with van der Waals surface area (Å²) in [4.78, 5) is 23.0. The second-order valence-corrected chi connectivity index (χ2v) is 4.26. The topological polar surface area (TPSA) is 118 Å². The van der Waals surface area contributed by atoms with Gasteiger partial charge in [0, 0.05) is 0 Å². The van der Waals surface area contributed by atoms with Gasteiger partial charge in [-0.15, -0.1) is 0 Å². The zero-order valence-corrected chi connectivity index (χ0v) is 11.2. The Kier molecular flexibility index (Phi) is 4.34. The normalized spacial score (nSPS) is 14.6. The molecule has 1 aromatic carbocycles. The van der Waals surface area contributed by atoms with Crippen LogP contribution in [0.1, 0.15) is 12.5 Å². The zero-order chi connectivity index (χ0) is 15.2. The first-order valence-corrected chi connectivity index (χ1v) is 6.04. The first kappa shape index (κ1) is 14.3. The number of phenolic OH excluding ortho intramolecular Hbond substituents is 1.